The van der Waals surface area contributed by atoms with Gasteiger partial charge in [-0.15, -0.1) is 0 Å². The van der Waals surface area contributed by atoms with E-state index in [2.05, 4.69) is 27.1 Å². The summed E-state index contributed by atoms with van der Waals surface area (Å²) in [6, 6.07) is 0.848. The van der Waals surface area contributed by atoms with E-state index in [0.29, 0.717) is 12.1 Å². The van der Waals surface area contributed by atoms with Crippen LogP contribution in [0, 0.1) is 0 Å². The van der Waals surface area contributed by atoms with Crippen molar-refractivity contribution in [2.75, 3.05) is 11.4 Å². The van der Waals surface area contributed by atoms with Crippen LogP contribution < -0.4 is 10.2 Å². The van der Waals surface area contributed by atoms with E-state index in [0.717, 1.165) is 56.7 Å². The number of aliphatic hydroxyl groups is 1. The maximum absolute atomic E-state index is 9.84. The van der Waals surface area contributed by atoms with E-state index in [1.807, 2.05) is 12.4 Å². The fraction of sp³-hybridized carbons (Fsp3) is 0.733. The van der Waals surface area contributed by atoms with Crippen LogP contribution in [0.25, 0.3) is 0 Å². The molecule has 2 unspecified atom stereocenters. The first-order chi connectivity index (χ1) is 9.78. The highest BCUT2D eigenvalue weighted by Crippen LogP contribution is 2.37. The number of hydrogen-bond donors (Lipinski definition) is 2. The summed E-state index contributed by atoms with van der Waals surface area (Å²) in [5.74, 6) is 0.837. The molecule has 2 bridgehead atoms. The van der Waals surface area contributed by atoms with Crippen molar-refractivity contribution in [2.24, 2.45) is 0 Å². The van der Waals surface area contributed by atoms with Crippen molar-refractivity contribution in [3.8, 4) is 0 Å². The molecule has 0 spiro atoms. The van der Waals surface area contributed by atoms with Gasteiger partial charge >= 0.3 is 0 Å². The lowest BCUT2D eigenvalue weighted by Crippen LogP contribution is -2.45. The van der Waals surface area contributed by atoms with Crippen LogP contribution in [0.5, 0.6) is 0 Å². The number of nitrogens with one attached hydrogen (secondary N) is 1. The standard InChI is InChI=1S/C15H24N4O/c1-2-5-16-8-11-9-17-15(18-10-11)19-12-3-4-13(19)7-14(20)6-12/h9-10,12-14,16,20H,2-8H2,1H3. The molecule has 20 heavy (non-hydrogen) atoms. The summed E-state index contributed by atoms with van der Waals surface area (Å²) >= 11 is 0. The number of aliphatic hydroxyl groups excluding tert-OH is 1. The highest BCUT2D eigenvalue weighted by molar-refractivity contribution is 5.37. The zero-order chi connectivity index (χ0) is 13.9. The molecule has 5 nitrogen and oxygen atoms in total. The molecule has 5 heteroatoms. The molecule has 110 valence electrons. The second kappa shape index (κ2) is 6.06. The van der Waals surface area contributed by atoms with E-state index in [1.54, 1.807) is 0 Å². The SMILES string of the molecule is CCCNCc1cnc(N2C3CCC2CC(O)C3)nc1. The number of piperidine rings is 1. The van der Waals surface area contributed by atoms with Gasteiger partial charge in [0.1, 0.15) is 0 Å². The van der Waals surface area contributed by atoms with Crippen molar-refractivity contribution >= 4 is 5.95 Å². The van der Waals surface area contributed by atoms with Crippen molar-refractivity contribution in [1.29, 1.82) is 0 Å². The van der Waals surface area contributed by atoms with Crippen LogP contribution in [-0.4, -0.2) is 39.8 Å². The van der Waals surface area contributed by atoms with E-state index in [4.69, 9.17) is 0 Å². The highest BCUT2D eigenvalue weighted by atomic mass is 16.3. The van der Waals surface area contributed by atoms with Gasteiger partial charge in [-0.25, -0.2) is 9.97 Å². The number of hydrogen-bond acceptors (Lipinski definition) is 5. The Kier molecular flexibility index (Phi) is 4.17. The van der Waals surface area contributed by atoms with Crippen molar-refractivity contribution in [2.45, 2.75) is 63.8 Å². The number of aromatic nitrogens is 2. The van der Waals surface area contributed by atoms with Gasteiger partial charge in [-0.3, -0.25) is 0 Å². The number of fused-ring (bicyclic) bond motifs is 2. The zero-order valence-corrected chi connectivity index (χ0v) is 12.1. The van der Waals surface area contributed by atoms with Crippen LogP contribution in [0.2, 0.25) is 0 Å². The predicted molar refractivity (Wildman–Crippen MR) is 78.6 cm³/mol. The van der Waals surface area contributed by atoms with Gasteiger partial charge in [-0.05, 0) is 38.6 Å². The highest BCUT2D eigenvalue weighted by Gasteiger charge is 2.41. The van der Waals surface area contributed by atoms with Crippen LogP contribution >= 0.6 is 0 Å². The van der Waals surface area contributed by atoms with Crippen LogP contribution in [0.3, 0.4) is 0 Å². The van der Waals surface area contributed by atoms with E-state index in [9.17, 15) is 5.11 Å². The Balaban J connectivity index is 1.66. The molecule has 3 heterocycles. The fourth-order valence-corrected chi connectivity index (χ4v) is 3.46. The summed E-state index contributed by atoms with van der Waals surface area (Å²) in [4.78, 5) is 11.4. The lowest BCUT2D eigenvalue weighted by atomic mass is 10.0. The van der Waals surface area contributed by atoms with Crippen molar-refractivity contribution in [1.82, 2.24) is 15.3 Å². The second-order valence-corrected chi connectivity index (χ2v) is 5.99. The first-order valence-corrected chi connectivity index (χ1v) is 7.76. The minimum atomic E-state index is -0.138. The zero-order valence-electron chi connectivity index (χ0n) is 12.1. The summed E-state index contributed by atoms with van der Waals surface area (Å²) in [6.45, 7) is 4.02. The molecular weight excluding hydrogens is 252 g/mol. The molecule has 2 fully saturated rings. The fourth-order valence-electron chi connectivity index (χ4n) is 3.46. The van der Waals surface area contributed by atoms with Crippen LogP contribution in [0.15, 0.2) is 12.4 Å². The third kappa shape index (κ3) is 2.79. The summed E-state index contributed by atoms with van der Waals surface area (Å²) < 4.78 is 0. The Morgan fingerprint density at radius 2 is 1.90 bits per heavy atom. The van der Waals surface area contributed by atoms with E-state index in [-0.39, 0.29) is 6.10 Å². The van der Waals surface area contributed by atoms with Gasteiger partial charge in [-0.1, -0.05) is 6.92 Å². The monoisotopic (exact) mass is 276 g/mol. The van der Waals surface area contributed by atoms with Gasteiger partial charge in [0, 0.05) is 36.6 Å². The van der Waals surface area contributed by atoms with Gasteiger partial charge in [0.15, 0.2) is 0 Å². The Bertz CT molecular complexity index is 422. The molecule has 0 saturated carbocycles. The van der Waals surface area contributed by atoms with E-state index < -0.39 is 0 Å². The Morgan fingerprint density at radius 3 is 2.50 bits per heavy atom. The summed E-state index contributed by atoms with van der Waals surface area (Å²) in [7, 11) is 0. The topological polar surface area (TPSA) is 61.3 Å². The van der Waals surface area contributed by atoms with Crippen LogP contribution in [0.4, 0.5) is 5.95 Å². The van der Waals surface area contributed by atoms with Crippen molar-refractivity contribution in [3.05, 3.63) is 18.0 Å². The van der Waals surface area contributed by atoms with Gasteiger partial charge in [0.25, 0.3) is 0 Å². The molecule has 1 aromatic rings. The smallest absolute Gasteiger partial charge is 0.225 e. The van der Waals surface area contributed by atoms with E-state index >= 15 is 0 Å². The Labute approximate surface area is 120 Å². The number of anilines is 1. The molecule has 2 aliphatic heterocycles. The summed E-state index contributed by atoms with van der Waals surface area (Å²) in [5, 5.41) is 13.2. The molecule has 2 N–H and O–H groups in total. The average Bonchev–Trinajstić information content (AvgIpc) is 2.72. The van der Waals surface area contributed by atoms with Crippen LogP contribution in [-0.2, 0) is 6.54 Å². The first-order valence-electron chi connectivity index (χ1n) is 7.76. The molecule has 0 amide bonds. The quantitative estimate of drug-likeness (QED) is 0.798. The minimum Gasteiger partial charge on any atom is -0.393 e. The minimum absolute atomic E-state index is 0.138. The molecular formula is C15H24N4O. The van der Waals surface area contributed by atoms with E-state index in [1.165, 1.54) is 0 Å². The molecule has 1 aromatic heterocycles. The largest absolute Gasteiger partial charge is 0.393 e. The number of rotatable bonds is 5. The average molecular weight is 276 g/mol. The van der Waals surface area contributed by atoms with Gasteiger partial charge in [0.05, 0.1) is 6.10 Å². The normalized spacial score (nSPS) is 28.9. The third-order valence-corrected chi connectivity index (χ3v) is 4.39. The Hall–Kier alpha value is -1.20. The predicted octanol–water partition coefficient (Wildman–Crippen LogP) is 1.47. The third-order valence-electron chi connectivity index (χ3n) is 4.39. The lowest BCUT2D eigenvalue weighted by Gasteiger charge is -2.37. The Morgan fingerprint density at radius 1 is 1.25 bits per heavy atom. The summed E-state index contributed by atoms with van der Waals surface area (Å²) in [6.07, 6.45) is 8.89. The summed E-state index contributed by atoms with van der Waals surface area (Å²) in [5.41, 5.74) is 1.13. The molecule has 2 atom stereocenters. The van der Waals surface area contributed by atoms with Crippen molar-refractivity contribution < 1.29 is 5.11 Å². The molecule has 0 radical (unpaired) electrons. The first kappa shape index (κ1) is 13.8. The molecule has 0 aliphatic carbocycles. The van der Waals surface area contributed by atoms with Gasteiger partial charge in [0.2, 0.25) is 5.95 Å². The van der Waals surface area contributed by atoms with Gasteiger partial charge < -0.3 is 15.3 Å². The maximum atomic E-state index is 9.84. The maximum Gasteiger partial charge on any atom is 0.225 e. The number of nitrogens with zero attached hydrogens (tertiary/aromatic N) is 3. The molecule has 0 aromatic carbocycles. The molecule has 2 aliphatic rings. The lowest BCUT2D eigenvalue weighted by molar-refractivity contribution is 0.125. The van der Waals surface area contributed by atoms with Gasteiger partial charge in [-0.2, -0.15) is 0 Å². The molecule has 2 saturated heterocycles. The second-order valence-electron chi connectivity index (χ2n) is 5.99. The van der Waals surface area contributed by atoms with Crippen LogP contribution in [0.1, 0.15) is 44.6 Å². The van der Waals surface area contributed by atoms with Crippen molar-refractivity contribution in [3.63, 3.8) is 0 Å². The molecule has 3 rings (SSSR count).